The quantitative estimate of drug-likeness (QED) is 0.523. The highest BCUT2D eigenvalue weighted by molar-refractivity contribution is 4.99. The van der Waals surface area contributed by atoms with Crippen molar-refractivity contribution in [2.24, 2.45) is 5.92 Å². The molecule has 0 nitrogen and oxygen atoms in total. The van der Waals surface area contributed by atoms with E-state index in [9.17, 15) is 0 Å². The predicted molar refractivity (Wildman–Crippen MR) is 48.0 cm³/mol. The van der Waals surface area contributed by atoms with Crippen molar-refractivity contribution in [1.82, 2.24) is 0 Å². The first kappa shape index (κ1) is 9.48. The largest absolute Gasteiger partial charge is 0.0857 e. The van der Waals surface area contributed by atoms with Crippen molar-refractivity contribution in [2.75, 3.05) is 0 Å². The molecule has 0 aromatic rings. The van der Waals surface area contributed by atoms with Crippen LogP contribution in [-0.4, -0.2) is 0 Å². The second-order valence-corrected chi connectivity index (χ2v) is 3.19. The maximum Gasteiger partial charge on any atom is -0.0167 e. The van der Waals surface area contributed by atoms with E-state index in [2.05, 4.69) is 45.9 Å². The molecule has 0 amide bonds. The lowest BCUT2D eigenvalue weighted by molar-refractivity contribution is 0.828. The molecule has 0 fully saturated rings. The summed E-state index contributed by atoms with van der Waals surface area (Å²) >= 11 is 0. The van der Waals surface area contributed by atoms with Crippen LogP contribution in [0.25, 0.3) is 0 Å². The molecule has 0 aliphatic heterocycles. The van der Waals surface area contributed by atoms with Crippen LogP contribution in [0.4, 0.5) is 0 Å². The molecule has 0 atom stereocenters. The van der Waals surface area contributed by atoms with Gasteiger partial charge in [-0.05, 0) is 26.2 Å². The van der Waals surface area contributed by atoms with Crippen LogP contribution in [0.2, 0.25) is 0 Å². The third-order valence-corrected chi connectivity index (χ3v) is 1.18. The lowest BCUT2D eigenvalue weighted by Gasteiger charge is -1.91. The van der Waals surface area contributed by atoms with E-state index in [0.717, 1.165) is 6.42 Å². The minimum absolute atomic E-state index is 0.686. The molecule has 0 aromatic carbocycles. The summed E-state index contributed by atoms with van der Waals surface area (Å²) in [6.07, 6.45) is 7.77. The van der Waals surface area contributed by atoms with Crippen molar-refractivity contribution in [3.63, 3.8) is 0 Å². The van der Waals surface area contributed by atoms with Gasteiger partial charge in [0.2, 0.25) is 0 Å². The van der Waals surface area contributed by atoms with E-state index in [-0.39, 0.29) is 0 Å². The van der Waals surface area contributed by atoms with Crippen molar-refractivity contribution >= 4 is 0 Å². The monoisotopic (exact) mass is 138 g/mol. The van der Waals surface area contributed by atoms with Gasteiger partial charge in [-0.15, -0.1) is 0 Å². The minimum atomic E-state index is 0.686. The lowest BCUT2D eigenvalue weighted by atomic mass is 10.2. The molecule has 0 aliphatic rings. The molecule has 0 rings (SSSR count). The van der Waals surface area contributed by atoms with E-state index < -0.39 is 0 Å². The van der Waals surface area contributed by atoms with Crippen LogP contribution in [-0.2, 0) is 0 Å². The van der Waals surface area contributed by atoms with Crippen molar-refractivity contribution < 1.29 is 0 Å². The maximum absolute atomic E-state index is 2.24. The summed E-state index contributed by atoms with van der Waals surface area (Å²) < 4.78 is 0. The van der Waals surface area contributed by atoms with Crippen molar-refractivity contribution in [2.45, 2.75) is 34.1 Å². The van der Waals surface area contributed by atoms with E-state index in [4.69, 9.17) is 0 Å². The molecule has 0 N–H and O–H groups in total. The molecule has 0 saturated carbocycles. The van der Waals surface area contributed by atoms with Gasteiger partial charge in [0.25, 0.3) is 0 Å². The summed E-state index contributed by atoms with van der Waals surface area (Å²) in [6, 6.07) is 0. The summed E-state index contributed by atoms with van der Waals surface area (Å²) in [5.74, 6) is 0.686. The van der Waals surface area contributed by atoms with E-state index >= 15 is 0 Å². The zero-order valence-electron chi connectivity index (χ0n) is 7.52. The van der Waals surface area contributed by atoms with Gasteiger partial charge in [-0.3, -0.25) is 0 Å². The fourth-order valence-corrected chi connectivity index (χ4v) is 0.654. The first-order chi connectivity index (χ1) is 4.63. The summed E-state index contributed by atoms with van der Waals surface area (Å²) in [5, 5.41) is 0. The number of rotatable bonds is 3. The molecule has 0 spiro atoms. The molecule has 10 heavy (non-hydrogen) atoms. The first-order valence-electron chi connectivity index (χ1n) is 3.93. The van der Waals surface area contributed by atoms with Crippen molar-refractivity contribution in [3.05, 3.63) is 23.8 Å². The first-order valence-corrected chi connectivity index (χ1v) is 3.93. The second-order valence-electron chi connectivity index (χ2n) is 3.19. The van der Waals surface area contributed by atoms with Crippen LogP contribution in [0, 0.1) is 5.92 Å². The Bertz CT molecular complexity index is 123. The van der Waals surface area contributed by atoms with Gasteiger partial charge < -0.3 is 0 Å². The fraction of sp³-hybridized carbons (Fsp3) is 0.600. The second kappa shape index (κ2) is 5.28. The van der Waals surface area contributed by atoms with Gasteiger partial charge in [0.15, 0.2) is 0 Å². The van der Waals surface area contributed by atoms with Crippen LogP contribution in [0.5, 0.6) is 0 Å². The highest BCUT2D eigenvalue weighted by Crippen LogP contribution is 1.98. The maximum atomic E-state index is 2.24. The Balaban J connectivity index is 3.45. The smallest absolute Gasteiger partial charge is 0.0167 e. The summed E-state index contributed by atoms with van der Waals surface area (Å²) in [6.45, 7) is 8.64. The van der Waals surface area contributed by atoms with Gasteiger partial charge in [0.1, 0.15) is 0 Å². The zero-order chi connectivity index (χ0) is 7.98. The summed E-state index contributed by atoms with van der Waals surface area (Å²) in [7, 11) is 0. The molecule has 0 radical (unpaired) electrons. The highest BCUT2D eigenvalue weighted by Gasteiger charge is 1.80. The normalized spacial score (nSPS) is 10.9. The van der Waals surface area contributed by atoms with Crippen LogP contribution < -0.4 is 0 Å². The van der Waals surface area contributed by atoms with E-state index in [1.54, 1.807) is 0 Å². The number of hydrogen-bond acceptors (Lipinski definition) is 0. The average molecular weight is 138 g/mol. The van der Waals surface area contributed by atoms with Gasteiger partial charge in [0.05, 0.1) is 0 Å². The molecule has 0 unspecified atom stereocenters. The lowest BCUT2D eigenvalue weighted by Crippen LogP contribution is -1.75. The van der Waals surface area contributed by atoms with Crippen LogP contribution in [0.3, 0.4) is 0 Å². The predicted octanol–water partition coefficient (Wildman–Crippen LogP) is 3.55. The summed E-state index contributed by atoms with van der Waals surface area (Å²) in [5.41, 5.74) is 1.40. The van der Waals surface area contributed by atoms with E-state index in [0.29, 0.717) is 5.92 Å². The van der Waals surface area contributed by atoms with Gasteiger partial charge in [0, 0.05) is 0 Å². The average Bonchev–Trinajstić information content (AvgIpc) is 1.79. The molecule has 0 heteroatoms. The van der Waals surface area contributed by atoms with E-state index in [1.807, 2.05) is 0 Å². The molecule has 58 valence electrons. The Labute approximate surface area is 64.6 Å². The molecular formula is C10H18. The van der Waals surface area contributed by atoms with Crippen LogP contribution >= 0.6 is 0 Å². The van der Waals surface area contributed by atoms with Gasteiger partial charge >= 0.3 is 0 Å². The number of allylic oxidation sites excluding steroid dienone is 4. The van der Waals surface area contributed by atoms with Crippen LogP contribution in [0.1, 0.15) is 34.1 Å². The molecule has 0 aliphatic carbocycles. The van der Waals surface area contributed by atoms with Gasteiger partial charge in [-0.1, -0.05) is 37.6 Å². The Kier molecular flexibility index (Phi) is 5.00. The topological polar surface area (TPSA) is 0 Å². The molecule has 0 aromatic heterocycles. The molecule has 0 heterocycles. The van der Waals surface area contributed by atoms with E-state index in [1.165, 1.54) is 5.57 Å². The fourth-order valence-electron chi connectivity index (χ4n) is 0.654. The molecule has 0 saturated heterocycles. The Morgan fingerprint density at radius 3 is 2.30 bits per heavy atom. The summed E-state index contributed by atoms with van der Waals surface area (Å²) in [4.78, 5) is 0. The third-order valence-electron chi connectivity index (χ3n) is 1.18. The standard InChI is InChI=1S/C10H18/c1-9(2)7-5-6-8-10(3)4/h5,7-9H,6H2,1-4H3/b7-5+. The van der Waals surface area contributed by atoms with Gasteiger partial charge in [-0.2, -0.15) is 0 Å². The van der Waals surface area contributed by atoms with Gasteiger partial charge in [-0.25, -0.2) is 0 Å². The minimum Gasteiger partial charge on any atom is -0.0857 e. The SMILES string of the molecule is CC(C)=CC/C=C/C(C)C. The zero-order valence-corrected chi connectivity index (χ0v) is 7.52. The Morgan fingerprint density at radius 1 is 1.30 bits per heavy atom. The van der Waals surface area contributed by atoms with Crippen molar-refractivity contribution in [1.29, 1.82) is 0 Å². The van der Waals surface area contributed by atoms with Crippen molar-refractivity contribution in [3.8, 4) is 0 Å². The Morgan fingerprint density at radius 2 is 1.90 bits per heavy atom. The van der Waals surface area contributed by atoms with Crippen LogP contribution in [0.15, 0.2) is 23.8 Å². The Hall–Kier alpha value is -0.520. The number of hydrogen-bond donors (Lipinski definition) is 0. The third kappa shape index (κ3) is 7.48. The molecule has 0 bridgehead atoms. The highest BCUT2D eigenvalue weighted by atomic mass is 13.9. The molecular weight excluding hydrogens is 120 g/mol.